The molecule has 0 fully saturated rings. The summed E-state index contributed by atoms with van der Waals surface area (Å²) in [5.74, 6) is -0.550. The molecule has 1 N–H and O–H groups in total. The SMILES string of the molecule is COCCN(CC(=O)Nc1cccc(F)c1)Cc1ccccc1. The Labute approximate surface area is 135 Å². The van der Waals surface area contributed by atoms with Crippen molar-refractivity contribution in [2.75, 3.05) is 32.1 Å². The molecule has 0 bridgehead atoms. The smallest absolute Gasteiger partial charge is 0.238 e. The van der Waals surface area contributed by atoms with Gasteiger partial charge in [0.1, 0.15) is 5.82 Å². The zero-order valence-electron chi connectivity index (χ0n) is 13.2. The highest BCUT2D eigenvalue weighted by atomic mass is 19.1. The Hall–Kier alpha value is -2.24. The third kappa shape index (κ3) is 6.18. The molecule has 0 unspecified atom stereocenters. The summed E-state index contributed by atoms with van der Waals surface area (Å²) < 4.78 is 18.3. The van der Waals surface area contributed by atoms with E-state index in [-0.39, 0.29) is 18.3 Å². The van der Waals surface area contributed by atoms with Gasteiger partial charge in [0, 0.05) is 25.9 Å². The highest BCUT2D eigenvalue weighted by molar-refractivity contribution is 5.92. The number of methoxy groups -OCH3 is 1. The average Bonchev–Trinajstić information content (AvgIpc) is 2.53. The highest BCUT2D eigenvalue weighted by Crippen LogP contribution is 2.10. The van der Waals surface area contributed by atoms with Crippen LogP contribution in [0.2, 0.25) is 0 Å². The number of amides is 1. The molecular weight excluding hydrogens is 295 g/mol. The van der Waals surface area contributed by atoms with Crippen LogP contribution >= 0.6 is 0 Å². The number of rotatable bonds is 8. The number of ether oxygens (including phenoxy) is 1. The fraction of sp³-hybridized carbons (Fsp3) is 0.278. The minimum atomic E-state index is -0.372. The first-order valence-electron chi connectivity index (χ1n) is 7.48. The minimum Gasteiger partial charge on any atom is -0.383 e. The van der Waals surface area contributed by atoms with E-state index in [1.165, 1.54) is 12.1 Å². The summed E-state index contributed by atoms with van der Waals surface area (Å²) in [6.07, 6.45) is 0. The van der Waals surface area contributed by atoms with E-state index in [1.54, 1.807) is 19.2 Å². The molecule has 2 rings (SSSR count). The Morgan fingerprint density at radius 1 is 1.17 bits per heavy atom. The molecule has 1 amide bonds. The fourth-order valence-corrected chi connectivity index (χ4v) is 2.25. The molecular formula is C18H21FN2O2. The van der Waals surface area contributed by atoms with Crippen LogP contribution in [0.5, 0.6) is 0 Å². The van der Waals surface area contributed by atoms with Crippen LogP contribution < -0.4 is 5.32 Å². The minimum absolute atomic E-state index is 0.178. The van der Waals surface area contributed by atoms with Gasteiger partial charge in [0.15, 0.2) is 0 Å². The number of anilines is 1. The molecule has 2 aromatic carbocycles. The molecule has 2 aromatic rings. The summed E-state index contributed by atoms with van der Waals surface area (Å²) in [6.45, 7) is 2.05. The van der Waals surface area contributed by atoms with Crippen molar-refractivity contribution < 1.29 is 13.9 Å². The van der Waals surface area contributed by atoms with Gasteiger partial charge in [0.2, 0.25) is 5.91 Å². The molecule has 0 radical (unpaired) electrons. The van der Waals surface area contributed by atoms with Gasteiger partial charge < -0.3 is 10.1 Å². The van der Waals surface area contributed by atoms with Gasteiger partial charge in [-0.05, 0) is 23.8 Å². The van der Waals surface area contributed by atoms with Gasteiger partial charge in [-0.25, -0.2) is 4.39 Å². The fourth-order valence-electron chi connectivity index (χ4n) is 2.25. The van der Waals surface area contributed by atoms with Gasteiger partial charge in [0.25, 0.3) is 0 Å². The van der Waals surface area contributed by atoms with Crippen molar-refractivity contribution >= 4 is 11.6 Å². The lowest BCUT2D eigenvalue weighted by Crippen LogP contribution is -2.35. The van der Waals surface area contributed by atoms with E-state index in [0.29, 0.717) is 25.4 Å². The van der Waals surface area contributed by atoms with Gasteiger partial charge in [-0.1, -0.05) is 36.4 Å². The number of benzene rings is 2. The van der Waals surface area contributed by atoms with Crippen molar-refractivity contribution in [1.82, 2.24) is 4.90 Å². The summed E-state index contributed by atoms with van der Waals surface area (Å²) >= 11 is 0. The maximum Gasteiger partial charge on any atom is 0.238 e. The molecule has 4 nitrogen and oxygen atoms in total. The molecule has 5 heteroatoms. The summed E-state index contributed by atoms with van der Waals surface area (Å²) in [6, 6.07) is 15.8. The lowest BCUT2D eigenvalue weighted by Gasteiger charge is -2.21. The van der Waals surface area contributed by atoms with Gasteiger partial charge >= 0.3 is 0 Å². The highest BCUT2D eigenvalue weighted by Gasteiger charge is 2.12. The first-order valence-corrected chi connectivity index (χ1v) is 7.48. The lowest BCUT2D eigenvalue weighted by atomic mass is 10.2. The summed E-state index contributed by atoms with van der Waals surface area (Å²) in [5, 5.41) is 2.71. The zero-order chi connectivity index (χ0) is 16.5. The Morgan fingerprint density at radius 2 is 1.96 bits per heavy atom. The Morgan fingerprint density at radius 3 is 2.65 bits per heavy atom. The van der Waals surface area contributed by atoms with Crippen molar-refractivity contribution in [2.24, 2.45) is 0 Å². The maximum absolute atomic E-state index is 13.2. The first-order chi connectivity index (χ1) is 11.2. The average molecular weight is 316 g/mol. The Kier molecular flexibility index (Phi) is 6.72. The van der Waals surface area contributed by atoms with Crippen molar-refractivity contribution in [2.45, 2.75) is 6.54 Å². The molecule has 122 valence electrons. The molecule has 0 aliphatic carbocycles. The molecule has 0 aromatic heterocycles. The summed E-state index contributed by atoms with van der Waals surface area (Å²) in [7, 11) is 1.63. The zero-order valence-corrected chi connectivity index (χ0v) is 13.2. The molecule has 0 heterocycles. The molecule has 0 aliphatic rings. The van der Waals surface area contributed by atoms with E-state index in [1.807, 2.05) is 35.2 Å². The molecule has 0 atom stereocenters. The van der Waals surface area contributed by atoms with E-state index < -0.39 is 0 Å². The van der Waals surface area contributed by atoms with Crippen LogP contribution in [0.1, 0.15) is 5.56 Å². The number of nitrogens with zero attached hydrogens (tertiary/aromatic N) is 1. The van der Waals surface area contributed by atoms with E-state index in [0.717, 1.165) is 5.56 Å². The molecule has 0 spiro atoms. The van der Waals surface area contributed by atoms with Crippen molar-refractivity contribution in [1.29, 1.82) is 0 Å². The van der Waals surface area contributed by atoms with Gasteiger partial charge in [0.05, 0.1) is 13.2 Å². The molecule has 0 saturated carbocycles. The van der Waals surface area contributed by atoms with Crippen LogP contribution in [0.3, 0.4) is 0 Å². The van der Waals surface area contributed by atoms with Crippen molar-refractivity contribution in [3.05, 3.63) is 66.0 Å². The van der Waals surface area contributed by atoms with E-state index in [2.05, 4.69) is 5.32 Å². The van der Waals surface area contributed by atoms with Gasteiger partial charge in [-0.3, -0.25) is 9.69 Å². The van der Waals surface area contributed by atoms with Crippen molar-refractivity contribution in [3.63, 3.8) is 0 Å². The van der Waals surface area contributed by atoms with Crippen molar-refractivity contribution in [3.8, 4) is 0 Å². The quantitative estimate of drug-likeness (QED) is 0.814. The summed E-state index contributed by atoms with van der Waals surface area (Å²) in [5.41, 5.74) is 1.59. The Balaban J connectivity index is 1.94. The monoisotopic (exact) mass is 316 g/mol. The second kappa shape index (κ2) is 9.02. The van der Waals surface area contributed by atoms with Crippen LogP contribution in [0.25, 0.3) is 0 Å². The van der Waals surface area contributed by atoms with E-state index in [4.69, 9.17) is 4.74 Å². The van der Waals surface area contributed by atoms with Crippen LogP contribution in [-0.2, 0) is 16.1 Å². The van der Waals surface area contributed by atoms with Crippen LogP contribution in [-0.4, -0.2) is 37.6 Å². The number of carbonyl (C=O) groups excluding carboxylic acids is 1. The second-order valence-electron chi connectivity index (χ2n) is 5.25. The number of halogens is 1. The third-order valence-electron chi connectivity index (χ3n) is 3.34. The molecule has 23 heavy (non-hydrogen) atoms. The Bertz CT molecular complexity index is 619. The van der Waals surface area contributed by atoms with E-state index in [9.17, 15) is 9.18 Å². The maximum atomic E-state index is 13.2. The topological polar surface area (TPSA) is 41.6 Å². The van der Waals surface area contributed by atoms with Crippen LogP contribution in [0.4, 0.5) is 10.1 Å². The van der Waals surface area contributed by atoms with Crippen LogP contribution in [0.15, 0.2) is 54.6 Å². The second-order valence-corrected chi connectivity index (χ2v) is 5.25. The van der Waals surface area contributed by atoms with Crippen LogP contribution in [0, 0.1) is 5.82 Å². The standard InChI is InChI=1S/C18H21FN2O2/c1-23-11-10-21(13-15-6-3-2-4-7-15)14-18(22)20-17-9-5-8-16(19)12-17/h2-9,12H,10-11,13-14H2,1H3,(H,20,22). The predicted octanol–water partition coefficient (Wildman–Crippen LogP) is 2.91. The third-order valence-corrected chi connectivity index (χ3v) is 3.34. The lowest BCUT2D eigenvalue weighted by molar-refractivity contribution is -0.117. The van der Waals surface area contributed by atoms with E-state index >= 15 is 0 Å². The molecule has 0 saturated heterocycles. The largest absolute Gasteiger partial charge is 0.383 e. The van der Waals surface area contributed by atoms with Gasteiger partial charge in [-0.15, -0.1) is 0 Å². The summed E-state index contributed by atoms with van der Waals surface area (Å²) in [4.78, 5) is 14.2. The molecule has 0 aliphatic heterocycles. The van der Waals surface area contributed by atoms with Gasteiger partial charge in [-0.2, -0.15) is 0 Å². The number of nitrogens with one attached hydrogen (secondary N) is 1. The normalized spacial score (nSPS) is 10.7. The number of hydrogen-bond donors (Lipinski definition) is 1. The predicted molar refractivity (Wildman–Crippen MR) is 88.6 cm³/mol. The first kappa shape index (κ1) is 17.1. The number of carbonyl (C=O) groups is 1. The number of hydrogen-bond acceptors (Lipinski definition) is 3.